The van der Waals surface area contributed by atoms with Gasteiger partial charge in [0.1, 0.15) is 11.4 Å². The first-order chi connectivity index (χ1) is 24.4. The molecule has 0 radical (unpaired) electrons. The van der Waals surface area contributed by atoms with E-state index < -0.39 is 34.9 Å². The van der Waals surface area contributed by atoms with Gasteiger partial charge in [0, 0.05) is 27.9 Å². The van der Waals surface area contributed by atoms with Gasteiger partial charge in [-0.15, -0.1) is 0 Å². The Balaban J connectivity index is 1.37. The second kappa shape index (κ2) is 16.2. The van der Waals surface area contributed by atoms with Crippen molar-refractivity contribution in [2.45, 2.75) is 36.5 Å². The number of benzene rings is 3. The number of aliphatic hydroxyl groups is 1. The summed E-state index contributed by atoms with van der Waals surface area (Å²) in [5.41, 5.74) is 0.331. The highest BCUT2D eigenvalue weighted by atomic mass is 79.9. The summed E-state index contributed by atoms with van der Waals surface area (Å²) < 4.78 is 30.1. The number of halogens is 2. The van der Waals surface area contributed by atoms with Crippen molar-refractivity contribution in [3.63, 3.8) is 0 Å². The smallest absolute Gasteiger partial charge is 0.257 e. The van der Waals surface area contributed by atoms with E-state index in [1.165, 1.54) is 6.07 Å². The highest BCUT2D eigenvalue weighted by molar-refractivity contribution is 9.10. The Morgan fingerprint density at radius 3 is 2.60 bits per heavy atom. The minimum atomic E-state index is -1.36. The number of thiocarbonyl (C=S) groups is 1. The maximum absolute atomic E-state index is 15.8. The minimum absolute atomic E-state index is 0.0254. The maximum Gasteiger partial charge on any atom is 0.257 e. The van der Waals surface area contributed by atoms with E-state index in [2.05, 4.69) is 74.8 Å². The van der Waals surface area contributed by atoms with Crippen LogP contribution in [0.5, 0.6) is 0 Å². The number of hydrogen-bond donors (Lipinski definition) is 3. The average Bonchev–Trinajstić information content (AvgIpc) is 3.48. The van der Waals surface area contributed by atoms with Crippen LogP contribution in [-0.4, -0.2) is 42.1 Å². The molecule has 0 spiro atoms. The van der Waals surface area contributed by atoms with Crippen LogP contribution in [0.3, 0.4) is 0 Å². The molecule has 6 rings (SSSR count). The molecule has 2 aliphatic carbocycles. The second-order valence-corrected chi connectivity index (χ2v) is 13.7. The summed E-state index contributed by atoms with van der Waals surface area (Å²) in [4.78, 5) is 13.0. The van der Waals surface area contributed by atoms with E-state index >= 15 is 4.39 Å². The van der Waals surface area contributed by atoms with E-state index in [4.69, 9.17) is 21.7 Å². The van der Waals surface area contributed by atoms with Gasteiger partial charge in [-0.05, 0) is 66.5 Å². The lowest BCUT2D eigenvalue weighted by Gasteiger charge is -2.42. The summed E-state index contributed by atoms with van der Waals surface area (Å²) in [7, 11) is 0. The molecular formula is C41H38BrFN2O4S. The van der Waals surface area contributed by atoms with Gasteiger partial charge in [-0.1, -0.05) is 119 Å². The van der Waals surface area contributed by atoms with Crippen LogP contribution >= 0.6 is 28.1 Å². The Bertz CT molecular complexity index is 1890. The normalized spacial score (nSPS) is 24.5. The van der Waals surface area contributed by atoms with Crippen LogP contribution in [0.25, 0.3) is 0 Å². The fourth-order valence-electron chi connectivity index (χ4n) is 7.01. The summed E-state index contributed by atoms with van der Waals surface area (Å²) in [6.07, 6.45) is 15.9. The number of ether oxygens (including phenoxy) is 2. The van der Waals surface area contributed by atoms with Crippen LogP contribution in [0, 0.1) is 29.5 Å². The SMILES string of the molecule is O=C(NC(=S)N[C@@]1(c2cc(Br)ccc2F)CO[C@H](COC(C2=CC=CCC2)(c2ccccc2)C2C#CC/C=C\C=C2)[C@H]1CO)c1ccccc1. The molecule has 50 heavy (non-hydrogen) atoms. The van der Waals surface area contributed by atoms with Crippen LogP contribution in [0.15, 0.2) is 131 Å². The molecule has 256 valence electrons. The van der Waals surface area contributed by atoms with Crippen molar-refractivity contribution in [3.05, 3.63) is 154 Å². The largest absolute Gasteiger partial charge is 0.396 e. The van der Waals surface area contributed by atoms with Gasteiger partial charge in [-0.25, -0.2) is 4.39 Å². The average molecular weight is 754 g/mol. The van der Waals surface area contributed by atoms with Crippen molar-refractivity contribution in [3.8, 4) is 11.8 Å². The monoisotopic (exact) mass is 752 g/mol. The van der Waals surface area contributed by atoms with Gasteiger partial charge < -0.3 is 19.9 Å². The summed E-state index contributed by atoms with van der Waals surface area (Å²) in [5, 5.41) is 17.0. The van der Waals surface area contributed by atoms with E-state index in [1.807, 2.05) is 42.5 Å². The van der Waals surface area contributed by atoms with Crippen molar-refractivity contribution in [1.82, 2.24) is 10.6 Å². The van der Waals surface area contributed by atoms with Gasteiger partial charge in [0.05, 0.1) is 37.4 Å². The fraction of sp³-hybridized carbons (Fsp3) is 0.268. The van der Waals surface area contributed by atoms with Crippen LogP contribution in [0.4, 0.5) is 4.39 Å². The molecule has 5 atom stereocenters. The summed E-state index contributed by atoms with van der Waals surface area (Å²) in [6, 6.07) is 23.3. The summed E-state index contributed by atoms with van der Waals surface area (Å²) in [5.74, 6) is 4.77. The van der Waals surface area contributed by atoms with Gasteiger partial charge in [0.25, 0.3) is 5.91 Å². The fourth-order valence-corrected chi connectivity index (χ4v) is 7.64. The van der Waals surface area contributed by atoms with E-state index in [1.54, 1.807) is 36.4 Å². The van der Waals surface area contributed by atoms with Crippen molar-refractivity contribution in [2.24, 2.45) is 11.8 Å². The number of hydrogen-bond acceptors (Lipinski definition) is 5. The highest BCUT2D eigenvalue weighted by Gasteiger charge is 2.54. The molecule has 3 aliphatic rings. The molecule has 0 saturated carbocycles. The second-order valence-electron chi connectivity index (χ2n) is 12.4. The molecule has 9 heteroatoms. The lowest BCUT2D eigenvalue weighted by atomic mass is 9.72. The molecule has 1 amide bonds. The van der Waals surface area contributed by atoms with E-state index in [9.17, 15) is 9.90 Å². The Labute approximate surface area is 306 Å². The zero-order valence-electron chi connectivity index (χ0n) is 27.4. The van der Waals surface area contributed by atoms with Crippen LogP contribution in [0.1, 0.15) is 40.7 Å². The van der Waals surface area contributed by atoms with Gasteiger partial charge in [0.2, 0.25) is 0 Å². The third-order valence-electron chi connectivity index (χ3n) is 9.45. The number of aliphatic hydroxyl groups excluding tert-OH is 1. The van der Waals surface area contributed by atoms with Gasteiger partial charge in [0.15, 0.2) is 5.11 Å². The lowest BCUT2D eigenvalue weighted by Crippen LogP contribution is -2.57. The minimum Gasteiger partial charge on any atom is -0.396 e. The number of amides is 1. The molecule has 0 bridgehead atoms. The zero-order valence-corrected chi connectivity index (χ0v) is 29.8. The molecule has 2 unspecified atom stereocenters. The Morgan fingerprint density at radius 1 is 1.08 bits per heavy atom. The first-order valence-corrected chi connectivity index (χ1v) is 17.8. The molecule has 3 N–H and O–H groups in total. The molecule has 6 nitrogen and oxygen atoms in total. The van der Waals surface area contributed by atoms with Crippen LogP contribution in [-0.2, 0) is 20.6 Å². The van der Waals surface area contributed by atoms with Crippen molar-refractivity contribution in [1.29, 1.82) is 0 Å². The number of rotatable bonds is 10. The Kier molecular flexibility index (Phi) is 11.6. The maximum atomic E-state index is 15.8. The van der Waals surface area contributed by atoms with E-state index in [0.29, 0.717) is 16.5 Å². The van der Waals surface area contributed by atoms with Crippen molar-refractivity contribution < 1.29 is 23.8 Å². The number of nitrogens with one attached hydrogen (secondary N) is 2. The first kappa shape index (κ1) is 35.6. The molecule has 3 aromatic rings. The molecule has 1 fully saturated rings. The Hall–Kier alpha value is -4.17. The number of allylic oxidation sites excluding steroid dienone is 6. The van der Waals surface area contributed by atoms with Gasteiger partial charge >= 0.3 is 0 Å². The first-order valence-electron chi connectivity index (χ1n) is 16.6. The van der Waals surface area contributed by atoms with Crippen molar-refractivity contribution >= 4 is 39.2 Å². The van der Waals surface area contributed by atoms with E-state index in [-0.39, 0.29) is 36.4 Å². The summed E-state index contributed by atoms with van der Waals surface area (Å²) in [6.45, 7) is -0.399. The van der Waals surface area contributed by atoms with Crippen molar-refractivity contribution in [2.75, 3.05) is 19.8 Å². The molecule has 1 aliphatic heterocycles. The standard InChI is InChI=1S/C41H38BrFN2O4S/c42-33-23-24-36(43)34(25-33)40(45-39(50)44-38(47)29-15-7-4-8-16-29)28-48-37(35(40)26-46)27-49-41(31-19-11-5-12-20-31,32-21-13-6-14-22-32)30-17-9-2-1-3-10-18-30/h1-2,4-9,11-13,15-17,19-21,23-25,30,35,37,46H,3,14,22,26-28H2,(H2,44,45,47,50)/b2-1-,17-9?/t30?,35-,37-,40-,41?/m1/s1. The topological polar surface area (TPSA) is 79.8 Å². The van der Waals surface area contributed by atoms with E-state index in [0.717, 1.165) is 24.0 Å². The number of carbonyl (C=O) groups is 1. The molecule has 3 aromatic carbocycles. The molecular weight excluding hydrogens is 715 g/mol. The third kappa shape index (κ3) is 7.46. The van der Waals surface area contributed by atoms with Gasteiger partial charge in [-0.3, -0.25) is 10.1 Å². The Morgan fingerprint density at radius 2 is 1.86 bits per heavy atom. The van der Waals surface area contributed by atoms with Crippen LogP contribution in [0.2, 0.25) is 0 Å². The quantitative estimate of drug-likeness (QED) is 0.148. The highest BCUT2D eigenvalue weighted by Crippen LogP contribution is 2.47. The molecule has 1 heterocycles. The van der Waals surface area contributed by atoms with Crippen LogP contribution < -0.4 is 10.6 Å². The predicted octanol–water partition coefficient (Wildman–Crippen LogP) is 7.42. The number of carbonyl (C=O) groups excluding carboxylic acids is 1. The summed E-state index contributed by atoms with van der Waals surface area (Å²) >= 11 is 9.13. The predicted molar refractivity (Wildman–Crippen MR) is 200 cm³/mol. The zero-order chi connectivity index (χ0) is 35.0. The third-order valence-corrected chi connectivity index (χ3v) is 10.1. The molecule has 0 aromatic heterocycles. The molecule has 1 saturated heterocycles. The van der Waals surface area contributed by atoms with Gasteiger partial charge in [-0.2, -0.15) is 0 Å². The lowest BCUT2D eigenvalue weighted by molar-refractivity contribution is -0.0918.